The Morgan fingerprint density at radius 2 is 1.90 bits per heavy atom. The minimum absolute atomic E-state index is 0.0630. The fourth-order valence-corrected chi connectivity index (χ4v) is 5.95. The molecule has 0 radical (unpaired) electrons. The number of hydrogen-bond donors (Lipinski definition) is 2. The first-order chi connectivity index (χ1) is 20.1. The molecule has 1 aliphatic rings. The highest BCUT2D eigenvalue weighted by molar-refractivity contribution is 7.97. The number of benzene rings is 1. The first-order valence-electron chi connectivity index (χ1n) is 14.0. The van der Waals surface area contributed by atoms with Crippen LogP contribution in [0.1, 0.15) is 71.9 Å². The Kier molecular flexibility index (Phi) is 8.74. The van der Waals surface area contributed by atoms with Gasteiger partial charge in [-0.15, -0.1) is 0 Å². The van der Waals surface area contributed by atoms with Gasteiger partial charge in [0.2, 0.25) is 5.95 Å². The Balaban J connectivity index is 1.51. The molecule has 1 aliphatic heterocycles. The van der Waals surface area contributed by atoms with Crippen LogP contribution < -0.4 is 20.5 Å². The number of fused-ring (bicyclic) bond motifs is 1. The monoisotopic (exact) mass is 609 g/mol. The number of rotatable bonds is 8. The second kappa shape index (κ2) is 12.3. The van der Waals surface area contributed by atoms with Crippen molar-refractivity contribution in [3.05, 3.63) is 68.2 Å². The van der Waals surface area contributed by atoms with Crippen LogP contribution in [-0.2, 0) is 13.6 Å². The van der Waals surface area contributed by atoms with Crippen LogP contribution in [0.5, 0.6) is 0 Å². The van der Waals surface area contributed by atoms with Crippen LogP contribution >= 0.6 is 23.5 Å². The third-order valence-electron chi connectivity index (χ3n) is 7.78. The van der Waals surface area contributed by atoms with Crippen LogP contribution in [0.4, 0.5) is 11.6 Å². The van der Waals surface area contributed by atoms with Crippen LogP contribution in [0.2, 0.25) is 5.15 Å². The van der Waals surface area contributed by atoms with Crippen LogP contribution in [-0.4, -0.2) is 54.6 Å². The normalized spacial score (nSPS) is 14.8. The molecule has 0 bridgehead atoms. The van der Waals surface area contributed by atoms with E-state index in [4.69, 9.17) is 16.6 Å². The van der Waals surface area contributed by atoms with Crippen molar-refractivity contribution in [3.8, 4) is 0 Å². The summed E-state index contributed by atoms with van der Waals surface area (Å²) in [6.45, 7) is 9.90. The van der Waals surface area contributed by atoms with Gasteiger partial charge in [0.25, 0.3) is 11.5 Å². The molecule has 1 fully saturated rings. The fourth-order valence-electron chi connectivity index (χ4n) is 5.52. The molecule has 0 spiro atoms. The molecule has 0 aliphatic carbocycles. The zero-order chi connectivity index (χ0) is 30.1. The summed E-state index contributed by atoms with van der Waals surface area (Å²) in [5, 5.41) is 8.82. The van der Waals surface area contributed by atoms with E-state index in [9.17, 15) is 9.59 Å². The van der Waals surface area contributed by atoms with Gasteiger partial charge in [0.1, 0.15) is 11.0 Å². The molecule has 222 valence electrons. The van der Waals surface area contributed by atoms with E-state index < -0.39 is 0 Å². The number of halogens is 1. The lowest BCUT2D eigenvalue weighted by molar-refractivity contribution is 0.0980. The molecule has 2 N–H and O–H groups in total. The molecule has 1 amide bonds. The molecule has 4 aromatic rings. The van der Waals surface area contributed by atoms with Gasteiger partial charge >= 0.3 is 0 Å². The van der Waals surface area contributed by atoms with E-state index in [2.05, 4.69) is 30.0 Å². The average molecular weight is 610 g/mol. The summed E-state index contributed by atoms with van der Waals surface area (Å²) in [6, 6.07) is 7.03. The van der Waals surface area contributed by atoms with E-state index in [1.165, 1.54) is 11.9 Å². The Hall–Kier alpha value is -3.64. The number of amides is 1. The summed E-state index contributed by atoms with van der Waals surface area (Å²) in [5.74, 6) is 2.38. The van der Waals surface area contributed by atoms with Gasteiger partial charge in [0.05, 0.1) is 22.6 Å². The van der Waals surface area contributed by atoms with Crippen molar-refractivity contribution in [2.75, 3.05) is 29.6 Å². The van der Waals surface area contributed by atoms with Crippen molar-refractivity contribution >= 4 is 52.0 Å². The molecule has 42 heavy (non-hydrogen) atoms. The van der Waals surface area contributed by atoms with Crippen LogP contribution in [0.3, 0.4) is 0 Å². The summed E-state index contributed by atoms with van der Waals surface area (Å²) in [4.78, 5) is 42.8. The highest BCUT2D eigenvalue weighted by atomic mass is 35.5. The number of nitrogens with zero attached hydrogens (tertiary/aromatic N) is 7. The second-order valence-electron chi connectivity index (χ2n) is 10.6. The molecule has 4 heterocycles. The molecule has 1 saturated heterocycles. The first kappa shape index (κ1) is 29.8. The number of hydrogen-bond acceptors (Lipinski definition) is 9. The van der Waals surface area contributed by atoms with Gasteiger partial charge < -0.3 is 10.2 Å². The van der Waals surface area contributed by atoms with Crippen molar-refractivity contribution < 1.29 is 4.79 Å². The SMILES string of the molecule is CCn1c(N2CCC(c3nc(C)n(C)n3)CC2)nc2c(C(C)Nc3ccc(Cl)nc3C(=O)NSC)cc(C)cc2c1=O. The molecule has 1 unspecified atom stereocenters. The predicted molar refractivity (Wildman–Crippen MR) is 169 cm³/mol. The third kappa shape index (κ3) is 5.82. The lowest BCUT2D eigenvalue weighted by atomic mass is 9.96. The minimum Gasteiger partial charge on any atom is -0.377 e. The number of aryl methyl sites for hydroxylation is 3. The molecule has 1 atom stereocenters. The average Bonchev–Trinajstić information content (AvgIpc) is 3.31. The number of nitrogens with one attached hydrogen (secondary N) is 2. The van der Waals surface area contributed by atoms with Crippen molar-refractivity contribution in [1.29, 1.82) is 0 Å². The van der Waals surface area contributed by atoms with Gasteiger partial charge in [0, 0.05) is 44.4 Å². The maximum absolute atomic E-state index is 13.9. The number of anilines is 2. The van der Waals surface area contributed by atoms with Gasteiger partial charge in [0.15, 0.2) is 11.5 Å². The van der Waals surface area contributed by atoms with E-state index in [1.54, 1.807) is 23.0 Å². The molecule has 0 saturated carbocycles. The molecular formula is C29H36ClN9O2S. The highest BCUT2D eigenvalue weighted by Gasteiger charge is 2.28. The van der Waals surface area contributed by atoms with Crippen LogP contribution in [0, 0.1) is 13.8 Å². The summed E-state index contributed by atoms with van der Waals surface area (Å²) in [7, 11) is 1.92. The molecule has 5 rings (SSSR count). The Bertz CT molecular complexity index is 1680. The van der Waals surface area contributed by atoms with Crippen LogP contribution in [0.25, 0.3) is 10.9 Å². The minimum atomic E-state index is -0.348. The van der Waals surface area contributed by atoms with E-state index in [0.717, 1.165) is 48.7 Å². The largest absolute Gasteiger partial charge is 0.377 e. The summed E-state index contributed by atoms with van der Waals surface area (Å²) in [6.07, 6.45) is 3.52. The lowest BCUT2D eigenvalue weighted by Gasteiger charge is -2.33. The quantitative estimate of drug-likeness (QED) is 0.215. The zero-order valence-electron chi connectivity index (χ0n) is 24.7. The van der Waals surface area contributed by atoms with Gasteiger partial charge in [-0.3, -0.25) is 23.6 Å². The number of aromatic nitrogens is 6. The molecular weight excluding hydrogens is 574 g/mol. The van der Waals surface area contributed by atoms with E-state index in [1.807, 2.05) is 51.6 Å². The fraction of sp³-hybridized carbons (Fsp3) is 0.448. The van der Waals surface area contributed by atoms with Gasteiger partial charge in [-0.1, -0.05) is 29.6 Å². The predicted octanol–water partition coefficient (Wildman–Crippen LogP) is 4.78. The number of carbonyl (C=O) groups excluding carboxylic acids is 1. The smallest absolute Gasteiger partial charge is 0.281 e. The third-order valence-corrected chi connectivity index (χ3v) is 8.38. The van der Waals surface area contributed by atoms with Crippen molar-refractivity contribution in [2.24, 2.45) is 7.05 Å². The molecule has 11 nitrogen and oxygen atoms in total. The number of pyridine rings is 1. The maximum Gasteiger partial charge on any atom is 0.281 e. The van der Waals surface area contributed by atoms with Gasteiger partial charge in [-0.05, 0) is 64.3 Å². The van der Waals surface area contributed by atoms with Crippen molar-refractivity contribution in [2.45, 2.75) is 59.0 Å². The van der Waals surface area contributed by atoms with Crippen molar-refractivity contribution in [3.63, 3.8) is 0 Å². The summed E-state index contributed by atoms with van der Waals surface area (Å²) in [5.41, 5.74) is 3.13. The van der Waals surface area contributed by atoms with E-state index in [0.29, 0.717) is 29.1 Å². The summed E-state index contributed by atoms with van der Waals surface area (Å²) >= 11 is 7.31. The molecule has 1 aromatic carbocycles. The van der Waals surface area contributed by atoms with Gasteiger partial charge in [-0.2, -0.15) is 5.10 Å². The van der Waals surface area contributed by atoms with E-state index >= 15 is 0 Å². The molecule has 3 aromatic heterocycles. The van der Waals surface area contributed by atoms with E-state index in [-0.39, 0.29) is 34.3 Å². The van der Waals surface area contributed by atoms with Crippen molar-refractivity contribution in [1.82, 2.24) is 34.0 Å². The Morgan fingerprint density at radius 1 is 1.17 bits per heavy atom. The highest BCUT2D eigenvalue weighted by Crippen LogP contribution is 2.32. The second-order valence-corrected chi connectivity index (χ2v) is 11.6. The zero-order valence-corrected chi connectivity index (χ0v) is 26.3. The number of piperidine rings is 1. The van der Waals surface area contributed by atoms with Gasteiger partial charge in [-0.25, -0.2) is 15.0 Å². The first-order valence-corrected chi connectivity index (χ1v) is 15.7. The summed E-state index contributed by atoms with van der Waals surface area (Å²) < 4.78 is 6.29. The lowest BCUT2D eigenvalue weighted by Crippen LogP contribution is -2.38. The maximum atomic E-state index is 13.9. The molecule has 13 heteroatoms. The standard InChI is InChI=1S/C29H36ClN9O2S/c1-7-39-28(41)21-15-16(2)14-20(17(3)31-22-8-9-23(30)33-25(22)27(40)36-42-6)24(21)34-29(39)38-12-10-19(11-13-38)26-32-18(4)37(5)35-26/h8-9,14-15,17,19,31H,7,10-13H2,1-6H3,(H,36,40). The Morgan fingerprint density at radius 3 is 2.55 bits per heavy atom. The topological polar surface area (TPSA) is 123 Å². The Labute approximate surface area is 254 Å². The number of carbonyl (C=O) groups is 1. The van der Waals surface area contributed by atoms with Crippen LogP contribution in [0.15, 0.2) is 29.1 Å².